The fourth-order valence-electron chi connectivity index (χ4n) is 4.01. The minimum Gasteiger partial charge on any atom is -0.497 e. The van der Waals surface area contributed by atoms with Crippen molar-refractivity contribution in [1.82, 2.24) is 9.29 Å². The van der Waals surface area contributed by atoms with E-state index in [1.54, 1.807) is 48.4 Å². The average molecular weight is 539 g/mol. The van der Waals surface area contributed by atoms with Crippen molar-refractivity contribution in [1.29, 1.82) is 5.26 Å². The molecule has 0 aliphatic carbocycles. The number of halogens is 1. The second-order valence-corrected chi connectivity index (χ2v) is 10.3. The van der Waals surface area contributed by atoms with Crippen LogP contribution in [0.15, 0.2) is 74.4 Å². The van der Waals surface area contributed by atoms with Gasteiger partial charge in [0.15, 0.2) is 5.76 Å². The maximum atomic E-state index is 13.6. The third kappa shape index (κ3) is 5.20. The van der Waals surface area contributed by atoms with Gasteiger partial charge in [0.1, 0.15) is 35.8 Å². The van der Waals surface area contributed by atoms with Gasteiger partial charge >= 0.3 is 0 Å². The molecule has 0 atom stereocenters. The molecular weight excluding hydrogens is 515 g/mol. The van der Waals surface area contributed by atoms with Crippen molar-refractivity contribution in [2.45, 2.75) is 11.5 Å². The van der Waals surface area contributed by atoms with Crippen LogP contribution in [-0.2, 0) is 16.6 Å². The Morgan fingerprint density at radius 3 is 2.45 bits per heavy atom. The number of anilines is 1. The van der Waals surface area contributed by atoms with E-state index in [1.165, 1.54) is 22.5 Å². The summed E-state index contributed by atoms with van der Waals surface area (Å²) in [5.74, 6) is 1.97. The first kappa shape index (κ1) is 25.3. The van der Waals surface area contributed by atoms with E-state index >= 15 is 0 Å². The lowest BCUT2D eigenvalue weighted by molar-refractivity contribution is 0.270. The van der Waals surface area contributed by atoms with Crippen molar-refractivity contribution in [3.05, 3.63) is 77.9 Å². The number of hydrogen-bond donors (Lipinski definition) is 0. The van der Waals surface area contributed by atoms with Gasteiger partial charge < -0.3 is 23.2 Å². The van der Waals surface area contributed by atoms with Gasteiger partial charge in [-0.3, -0.25) is 0 Å². The standard InChI is InChI=1S/C26H23FN4O6S/c1-34-19-5-7-20(8-6-19)35-17-21-9-10-24(36-21)25-29-23(16-28)26(37-25)30-11-13-31(14-12-30)38(32,33)22-4-2-3-18(27)15-22/h2-10,15H,11-14,17H2,1H3. The number of ether oxygens (including phenoxy) is 2. The number of aromatic nitrogens is 1. The Balaban J connectivity index is 1.25. The van der Waals surface area contributed by atoms with E-state index in [0.717, 1.165) is 11.8 Å². The molecule has 1 saturated heterocycles. The summed E-state index contributed by atoms with van der Waals surface area (Å²) in [6.45, 7) is 0.960. The van der Waals surface area contributed by atoms with Crippen LogP contribution >= 0.6 is 0 Å². The molecule has 0 saturated carbocycles. The molecule has 2 aromatic carbocycles. The van der Waals surface area contributed by atoms with Gasteiger partial charge in [-0.15, -0.1) is 0 Å². The number of benzene rings is 2. The summed E-state index contributed by atoms with van der Waals surface area (Å²) in [7, 11) is -2.26. The zero-order chi connectivity index (χ0) is 26.7. The van der Waals surface area contributed by atoms with Crippen molar-refractivity contribution in [3.8, 4) is 29.2 Å². The fraction of sp³-hybridized carbons (Fsp3) is 0.231. The molecule has 10 nitrogen and oxygen atoms in total. The van der Waals surface area contributed by atoms with Gasteiger partial charge in [-0.05, 0) is 54.6 Å². The molecule has 2 aromatic heterocycles. The van der Waals surface area contributed by atoms with Crippen LogP contribution in [0.3, 0.4) is 0 Å². The predicted octanol–water partition coefficient (Wildman–Crippen LogP) is 4.04. The molecule has 1 aliphatic rings. The van der Waals surface area contributed by atoms with E-state index in [4.69, 9.17) is 18.3 Å². The van der Waals surface area contributed by atoms with E-state index in [9.17, 15) is 18.1 Å². The van der Waals surface area contributed by atoms with Crippen LogP contribution < -0.4 is 14.4 Å². The lowest BCUT2D eigenvalue weighted by atomic mass is 10.3. The maximum Gasteiger partial charge on any atom is 0.266 e. The number of piperazine rings is 1. The van der Waals surface area contributed by atoms with Crippen LogP contribution in [0.25, 0.3) is 11.7 Å². The summed E-state index contributed by atoms with van der Waals surface area (Å²) in [5.41, 5.74) is 0.0638. The zero-order valence-corrected chi connectivity index (χ0v) is 21.2. The minimum absolute atomic E-state index is 0.0638. The molecule has 0 N–H and O–H groups in total. The van der Waals surface area contributed by atoms with Crippen molar-refractivity contribution in [2.24, 2.45) is 0 Å². The summed E-state index contributed by atoms with van der Waals surface area (Å²) in [4.78, 5) is 5.91. The van der Waals surface area contributed by atoms with Crippen LogP contribution in [0, 0.1) is 17.1 Å². The van der Waals surface area contributed by atoms with Crippen LogP contribution in [0.5, 0.6) is 11.5 Å². The Morgan fingerprint density at radius 1 is 1.03 bits per heavy atom. The molecule has 38 heavy (non-hydrogen) atoms. The summed E-state index contributed by atoms with van der Waals surface area (Å²) in [6, 6.07) is 17.5. The second kappa shape index (κ2) is 10.6. The van der Waals surface area contributed by atoms with E-state index in [1.807, 2.05) is 6.07 Å². The molecule has 0 radical (unpaired) electrons. The first-order valence-corrected chi connectivity index (χ1v) is 13.1. The van der Waals surface area contributed by atoms with Crippen LogP contribution in [0.2, 0.25) is 0 Å². The second-order valence-electron chi connectivity index (χ2n) is 8.36. The minimum atomic E-state index is -3.85. The molecule has 5 rings (SSSR count). The molecule has 0 spiro atoms. The van der Waals surface area contributed by atoms with Crippen LogP contribution in [-0.4, -0.2) is 51.0 Å². The van der Waals surface area contributed by atoms with E-state index in [0.29, 0.717) is 17.3 Å². The van der Waals surface area contributed by atoms with Gasteiger partial charge in [-0.1, -0.05) is 6.07 Å². The molecule has 3 heterocycles. The predicted molar refractivity (Wildman–Crippen MR) is 134 cm³/mol. The number of sulfonamides is 1. The van der Waals surface area contributed by atoms with Crippen molar-refractivity contribution in [3.63, 3.8) is 0 Å². The normalized spacial score (nSPS) is 14.3. The zero-order valence-electron chi connectivity index (χ0n) is 20.3. The summed E-state index contributed by atoms with van der Waals surface area (Å²) in [6.07, 6.45) is 0. The van der Waals surface area contributed by atoms with Gasteiger partial charge in [0.25, 0.3) is 5.89 Å². The molecule has 0 amide bonds. The van der Waals surface area contributed by atoms with E-state index in [2.05, 4.69) is 4.98 Å². The monoisotopic (exact) mass is 538 g/mol. The SMILES string of the molecule is COc1ccc(OCc2ccc(-c3nc(C#N)c(N4CCN(S(=O)(=O)c5cccc(F)c5)CC4)o3)o2)cc1. The van der Waals surface area contributed by atoms with Gasteiger partial charge in [0.05, 0.1) is 12.0 Å². The Labute approximate surface area is 218 Å². The highest BCUT2D eigenvalue weighted by atomic mass is 32.2. The third-order valence-electron chi connectivity index (χ3n) is 5.99. The van der Waals surface area contributed by atoms with Gasteiger partial charge in [0, 0.05) is 26.2 Å². The van der Waals surface area contributed by atoms with Gasteiger partial charge in [0.2, 0.25) is 21.6 Å². The smallest absolute Gasteiger partial charge is 0.266 e. The highest BCUT2D eigenvalue weighted by molar-refractivity contribution is 7.89. The Kier molecular flexibility index (Phi) is 7.04. The molecule has 1 aliphatic heterocycles. The Morgan fingerprint density at radius 2 is 1.76 bits per heavy atom. The highest BCUT2D eigenvalue weighted by Crippen LogP contribution is 2.31. The summed E-state index contributed by atoms with van der Waals surface area (Å²) in [5, 5.41) is 9.62. The molecular formula is C26H23FN4O6S. The number of furan rings is 1. The summed E-state index contributed by atoms with van der Waals surface area (Å²) < 4.78 is 63.2. The van der Waals surface area contributed by atoms with Gasteiger partial charge in [-0.25, -0.2) is 12.8 Å². The van der Waals surface area contributed by atoms with Crippen molar-refractivity contribution in [2.75, 3.05) is 38.2 Å². The first-order chi connectivity index (χ1) is 18.4. The molecule has 1 fully saturated rings. The molecule has 196 valence electrons. The van der Waals surface area contributed by atoms with E-state index < -0.39 is 15.8 Å². The van der Waals surface area contributed by atoms with Crippen molar-refractivity contribution < 1.29 is 31.1 Å². The lowest BCUT2D eigenvalue weighted by Crippen LogP contribution is -2.48. The Hall–Kier alpha value is -4.34. The number of rotatable bonds is 8. The number of nitrogens with zero attached hydrogens (tertiary/aromatic N) is 4. The lowest BCUT2D eigenvalue weighted by Gasteiger charge is -2.33. The molecule has 12 heteroatoms. The summed E-state index contributed by atoms with van der Waals surface area (Å²) >= 11 is 0. The topological polar surface area (TPSA) is 122 Å². The first-order valence-electron chi connectivity index (χ1n) is 11.6. The largest absolute Gasteiger partial charge is 0.497 e. The Bertz CT molecular complexity index is 1570. The van der Waals surface area contributed by atoms with Crippen molar-refractivity contribution >= 4 is 15.9 Å². The number of methoxy groups -OCH3 is 1. The molecule has 0 unspecified atom stereocenters. The fourth-order valence-corrected chi connectivity index (χ4v) is 5.46. The number of nitriles is 1. The number of oxazole rings is 1. The highest BCUT2D eigenvalue weighted by Gasteiger charge is 2.31. The quantitative estimate of drug-likeness (QED) is 0.327. The maximum absolute atomic E-state index is 13.6. The van der Waals surface area contributed by atoms with Crippen LogP contribution in [0.1, 0.15) is 11.5 Å². The van der Waals surface area contributed by atoms with E-state index in [-0.39, 0.29) is 55.2 Å². The third-order valence-corrected chi connectivity index (χ3v) is 7.88. The van der Waals surface area contributed by atoms with Crippen LogP contribution in [0.4, 0.5) is 10.3 Å². The average Bonchev–Trinajstić information content (AvgIpc) is 3.59. The molecule has 4 aromatic rings. The number of hydrogen-bond acceptors (Lipinski definition) is 9. The molecule has 0 bridgehead atoms. The van der Waals surface area contributed by atoms with Gasteiger partial charge in [-0.2, -0.15) is 14.6 Å².